The summed E-state index contributed by atoms with van der Waals surface area (Å²) in [5, 5.41) is 44.0. The molecule has 0 unspecified atom stereocenters. The molecule has 2 aliphatic carbocycles. The number of benzene rings is 2. The molecule has 31 heavy (non-hydrogen) atoms. The number of nitrogens with two attached hydrogens (primary N) is 1. The van der Waals surface area contributed by atoms with E-state index in [2.05, 4.69) is 0 Å². The lowest BCUT2D eigenvalue weighted by Crippen LogP contribution is -3.13. The minimum Gasteiger partial charge on any atom is -0.508 e. The number of hydrogen-bond donors (Lipinski definition) is 6. The summed E-state index contributed by atoms with van der Waals surface area (Å²) < 4.78 is 0. The van der Waals surface area contributed by atoms with E-state index in [9.17, 15) is 34.8 Å². The summed E-state index contributed by atoms with van der Waals surface area (Å²) in [4.78, 5) is 39.1. The molecule has 4 rings (SSSR count). The van der Waals surface area contributed by atoms with Crippen molar-refractivity contribution >= 4 is 28.2 Å². The van der Waals surface area contributed by atoms with Gasteiger partial charge in [-0.1, -0.05) is 12.1 Å². The second kappa shape index (κ2) is 6.53. The first kappa shape index (κ1) is 20.8. The van der Waals surface area contributed by atoms with Crippen LogP contribution >= 0.6 is 0 Å². The molecule has 2 aliphatic rings. The van der Waals surface area contributed by atoms with E-state index in [1.807, 2.05) is 0 Å². The topological polar surface area (TPSA) is 163 Å². The molecule has 0 heterocycles. The number of fused-ring (bicyclic) bond motifs is 3. The average molecular weight is 427 g/mol. The molecule has 2 aromatic rings. The van der Waals surface area contributed by atoms with E-state index >= 15 is 0 Å². The summed E-state index contributed by atoms with van der Waals surface area (Å²) >= 11 is 0. The fourth-order valence-corrected chi connectivity index (χ4v) is 5.14. The molecule has 9 nitrogen and oxygen atoms in total. The summed E-state index contributed by atoms with van der Waals surface area (Å²) in [5.41, 5.74) is 2.58. The lowest BCUT2D eigenvalue weighted by Gasteiger charge is -2.45. The van der Waals surface area contributed by atoms with Crippen LogP contribution in [0, 0.1) is 12.8 Å². The van der Waals surface area contributed by atoms with Crippen molar-refractivity contribution in [3.63, 3.8) is 0 Å². The number of phenols is 2. The number of Topliss-reactive ketones (excluding diaryl/α,β-unsaturated/α-hetero) is 2. The number of quaternary nitrogens is 1. The number of aliphatic hydroxyl groups excluding tert-OH is 1. The number of nitrogens with one attached hydrogen (secondary N) is 1. The van der Waals surface area contributed by atoms with Gasteiger partial charge in [-0.15, -0.1) is 0 Å². The SMILES string of the molecule is Cc1c2c(c(O)c3c(O)cccc13)C(=O)[C@@]1(O)C(O)=C(C(N)=O)C(=O)[C@@H]([NH+](C)C)[C@H]1C2. The fraction of sp³-hybridized carbons (Fsp3) is 0.318. The largest absolute Gasteiger partial charge is 0.508 e. The molecule has 0 spiro atoms. The molecule has 0 radical (unpaired) electrons. The van der Waals surface area contributed by atoms with Gasteiger partial charge in [0.05, 0.1) is 31.0 Å². The number of ketones is 2. The Morgan fingerprint density at radius 1 is 1.19 bits per heavy atom. The minimum absolute atomic E-state index is 0.0275. The molecule has 0 bridgehead atoms. The lowest BCUT2D eigenvalue weighted by atomic mass is 9.61. The number of primary amides is 1. The van der Waals surface area contributed by atoms with E-state index in [1.165, 1.54) is 6.07 Å². The van der Waals surface area contributed by atoms with Crippen LogP contribution < -0.4 is 10.6 Å². The van der Waals surface area contributed by atoms with Crippen molar-refractivity contribution in [2.24, 2.45) is 11.7 Å². The van der Waals surface area contributed by atoms with E-state index in [4.69, 9.17) is 5.73 Å². The second-order valence-electron chi connectivity index (χ2n) is 8.44. The van der Waals surface area contributed by atoms with E-state index in [0.717, 1.165) is 0 Å². The number of aryl methyl sites for hydroxylation is 1. The predicted octanol–water partition coefficient (Wildman–Crippen LogP) is -0.961. The predicted molar refractivity (Wildman–Crippen MR) is 109 cm³/mol. The number of likely N-dealkylation sites (N-methyl/N-ethyl adjacent to an activating group) is 1. The Morgan fingerprint density at radius 3 is 2.42 bits per heavy atom. The van der Waals surface area contributed by atoms with E-state index in [0.29, 0.717) is 21.4 Å². The molecule has 0 aliphatic heterocycles. The van der Waals surface area contributed by atoms with Crippen molar-refractivity contribution in [2.75, 3.05) is 14.1 Å². The summed E-state index contributed by atoms with van der Waals surface area (Å²) in [7, 11) is 3.26. The molecule has 0 saturated carbocycles. The van der Waals surface area contributed by atoms with Crippen LogP contribution in [0.2, 0.25) is 0 Å². The number of carbonyl (C=O) groups is 3. The van der Waals surface area contributed by atoms with Gasteiger partial charge in [-0.2, -0.15) is 0 Å². The average Bonchev–Trinajstić information content (AvgIpc) is 2.68. The number of aliphatic hydroxyl groups is 2. The maximum absolute atomic E-state index is 13.6. The van der Waals surface area contributed by atoms with Crippen molar-refractivity contribution in [2.45, 2.75) is 25.0 Å². The first-order valence-corrected chi connectivity index (χ1v) is 9.75. The number of rotatable bonds is 2. The van der Waals surface area contributed by atoms with E-state index in [-0.39, 0.29) is 23.1 Å². The van der Waals surface area contributed by atoms with Gasteiger partial charge in [0.1, 0.15) is 22.8 Å². The van der Waals surface area contributed by atoms with Crippen LogP contribution in [0.15, 0.2) is 29.5 Å². The number of phenolic OH excluding ortho intramolecular Hbond substituents is 2. The van der Waals surface area contributed by atoms with Crippen LogP contribution in [0.4, 0.5) is 0 Å². The molecule has 0 fully saturated rings. The maximum atomic E-state index is 13.6. The van der Waals surface area contributed by atoms with E-state index < -0.39 is 52.1 Å². The molecule has 1 amide bonds. The van der Waals surface area contributed by atoms with Gasteiger partial charge in [0.2, 0.25) is 11.6 Å². The van der Waals surface area contributed by atoms with Gasteiger partial charge in [-0.05, 0) is 35.9 Å². The Kier molecular flexibility index (Phi) is 4.39. The Balaban J connectivity index is 2.11. The maximum Gasteiger partial charge on any atom is 0.256 e. The zero-order valence-corrected chi connectivity index (χ0v) is 17.2. The van der Waals surface area contributed by atoms with Gasteiger partial charge in [0, 0.05) is 0 Å². The first-order chi connectivity index (χ1) is 14.4. The smallest absolute Gasteiger partial charge is 0.256 e. The summed E-state index contributed by atoms with van der Waals surface area (Å²) in [6, 6.07) is 3.59. The van der Waals surface area contributed by atoms with Gasteiger partial charge in [0.25, 0.3) is 5.91 Å². The number of amides is 1. The lowest BCUT2D eigenvalue weighted by molar-refractivity contribution is -0.880. The van der Waals surface area contributed by atoms with Crippen LogP contribution in [-0.4, -0.2) is 63.6 Å². The molecule has 0 saturated heterocycles. The molecule has 3 atom stereocenters. The van der Waals surface area contributed by atoms with Gasteiger partial charge >= 0.3 is 0 Å². The summed E-state index contributed by atoms with van der Waals surface area (Å²) in [5.74, 6) is -6.05. The molecule has 7 N–H and O–H groups in total. The normalized spacial score (nSPS) is 25.7. The molecular formula is C22H23N2O7+. The quantitative estimate of drug-likeness (QED) is 0.336. The molecule has 9 heteroatoms. The Hall–Kier alpha value is -3.43. The van der Waals surface area contributed by atoms with Gasteiger partial charge in [-0.25, -0.2) is 0 Å². The number of hydrogen-bond acceptors (Lipinski definition) is 7. The third-order valence-electron chi connectivity index (χ3n) is 6.61. The highest BCUT2D eigenvalue weighted by molar-refractivity contribution is 6.24. The van der Waals surface area contributed by atoms with Crippen molar-refractivity contribution in [1.82, 2.24) is 0 Å². The zero-order chi connectivity index (χ0) is 23.0. The van der Waals surface area contributed by atoms with Crippen LogP contribution in [0.1, 0.15) is 21.5 Å². The van der Waals surface area contributed by atoms with Gasteiger partial charge < -0.3 is 31.1 Å². The fourth-order valence-electron chi connectivity index (χ4n) is 5.14. The number of carbonyl (C=O) groups excluding carboxylic acids is 3. The third-order valence-corrected chi connectivity index (χ3v) is 6.61. The zero-order valence-electron chi connectivity index (χ0n) is 17.2. The van der Waals surface area contributed by atoms with Crippen LogP contribution in [0.25, 0.3) is 10.8 Å². The first-order valence-electron chi connectivity index (χ1n) is 9.75. The Bertz CT molecular complexity index is 1230. The minimum atomic E-state index is -2.63. The molecule has 0 aromatic heterocycles. The number of aromatic hydroxyl groups is 2. The Labute approximate surface area is 177 Å². The highest BCUT2D eigenvalue weighted by Crippen LogP contribution is 2.49. The standard InChI is InChI=1S/C22H22N2O7/c1-8-9-5-4-6-12(25)13(9)17(26)14-10(8)7-11-16(24(2)3)18(27)15(21(23)30)20(29)22(11,31)19(14)28/h4-6,11,16,25-26,29,31H,7H2,1-3H3,(H2,23,30)/p+1/t11-,16+,22-/m1/s1. The van der Waals surface area contributed by atoms with Crippen molar-refractivity contribution < 1.29 is 39.7 Å². The second-order valence-corrected chi connectivity index (χ2v) is 8.44. The van der Waals surface area contributed by atoms with Crippen molar-refractivity contribution in [3.8, 4) is 11.5 Å². The molecule has 162 valence electrons. The van der Waals surface area contributed by atoms with E-state index in [1.54, 1.807) is 33.2 Å². The van der Waals surface area contributed by atoms with Gasteiger partial charge in [-0.3, -0.25) is 14.4 Å². The highest BCUT2D eigenvalue weighted by Gasteiger charge is 2.64. The third kappa shape index (κ3) is 2.47. The van der Waals surface area contributed by atoms with Crippen LogP contribution in [-0.2, 0) is 16.0 Å². The molecule has 2 aromatic carbocycles. The van der Waals surface area contributed by atoms with Crippen molar-refractivity contribution in [3.05, 3.63) is 46.2 Å². The van der Waals surface area contributed by atoms with Crippen LogP contribution in [0.5, 0.6) is 11.5 Å². The Morgan fingerprint density at radius 2 is 1.84 bits per heavy atom. The summed E-state index contributed by atoms with van der Waals surface area (Å²) in [6.45, 7) is 1.71. The monoisotopic (exact) mass is 427 g/mol. The van der Waals surface area contributed by atoms with Crippen molar-refractivity contribution in [1.29, 1.82) is 0 Å². The van der Waals surface area contributed by atoms with Crippen LogP contribution in [0.3, 0.4) is 0 Å². The van der Waals surface area contributed by atoms with Gasteiger partial charge in [0.15, 0.2) is 11.6 Å². The summed E-state index contributed by atoms with van der Waals surface area (Å²) in [6.07, 6.45) is -0.0275. The molecular weight excluding hydrogens is 404 g/mol. The highest BCUT2D eigenvalue weighted by atomic mass is 16.3.